The first kappa shape index (κ1) is 11.5. The van der Waals surface area contributed by atoms with Crippen LogP contribution in [0.15, 0.2) is 24.3 Å². The van der Waals surface area contributed by atoms with Crippen molar-refractivity contribution in [2.45, 2.75) is 31.6 Å². The Kier molecular flexibility index (Phi) is 3.88. The van der Waals surface area contributed by atoms with Crippen LogP contribution in [-0.4, -0.2) is 17.7 Å². The molecule has 2 nitrogen and oxygen atoms in total. The average molecular weight is 235 g/mol. The number of nitrogens with one attached hydrogen (secondary N) is 1. The van der Waals surface area contributed by atoms with E-state index in [1.807, 2.05) is 0 Å². The molecule has 1 fully saturated rings. The third kappa shape index (κ3) is 3.89. The lowest BCUT2D eigenvalue weighted by Gasteiger charge is -2.04. The van der Waals surface area contributed by atoms with Crippen molar-refractivity contribution < 1.29 is 4.79 Å². The first-order chi connectivity index (χ1) is 7.74. The van der Waals surface area contributed by atoms with Crippen molar-refractivity contribution in [3.8, 4) is 0 Å². The highest BCUT2D eigenvalue weighted by molar-refractivity contribution is 7.99. The van der Waals surface area contributed by atoms with Crippen LogP contribution in [0.25, 0.3) is 0 Å². The van der Waals surface area contributed by atoms with E-state index in [0.717, 1.165) is 18.6 Å². The van der Waals surface area contributed by atoms with Crippen LogP contribution in [-0.2, 0) is 10.5 Å². The summed E-state index contributed by atoms with van der Waals surface area (Å²) in [4.78, 5) is 11.4. The lowest BCUT2D eigenvalue weighted by molar-refractivity contribution is -0.118. The average Bonchev–Trinajstić information content (AvgIpc) is 3.02. The minimum Gasteiger partial charge on any atom is -0.353 e. The summed E-state index contributed by atoms with van der Waals surface area (Å²) in [6.07, 6.45) is 2.32. The van der Waals surface area contributed by atoms with Gasteiger partial charge in [0.05, 0.1) is 5.75 Å². The molecule has 1 amide bonds. The van der Waals surface area contributed by atoms with Crippen molar-refractivity contribution >= 4 is 17.7 Å². The summed E-state index contributed by atoms with van der Waals surface area (Å²) in [5.74, 6) is 1.67. The zero-order valence-electron chi connectivity index (χ0n) is 9.53. The molecule has 1 aliphatic carbocycles. The van der Waals surface area contributed by atoms with Gasteiger partial charge in [-0.2, -0.15) is 0 Å². The third-order valence-corrected chi connectivity index (χ3v) is 3.53. The number of amides is 1. The Labute approximate surface area is 101 Å². The second-order valence-electron chi connectivity index (χ2n) is 4.32. The van der Waals surface area contributed by atoms with Crippen LogP contribution in [0.1, 0.15) is 24.0 Å². The van der Waals surface area contributed by atoms with E-state index in [9.17, 15) is 4.79 Å². The molecule has 1 saturated carbocycles. The molecule has 16 heavy (non-hydrogen) atoms. The van der Waals surface area contributed by atoms with E-state index in [4.69, 9.17) is 0 Å². The van der Waals surface area contributed by atoms with Crippen LogP contribution in [0, 0.1) is 6.92 Å². The molecular weight excluding hydrogens is 218 g/mol. The molecule has 3 heteroatoms. The minimum absolute atomic E-state index is 0.181. The summed E-state index contributed by atoms with van der Waals surface area (Å²) < 4.78 is 0. The summed E-state index contributed by atoms with van der Waals surface area (Å²) in [7, 11) is 0. The Morgan fingerprint density at radius 2 is 2.31 bits per heavy atom. The molecule has 1 aromatic rings. The summed E-state index contributed by atoms with van der Waals surface area (Å²) in [5.41, 5.74) is 2.57. The molecule has 0 unspecified atom stereocenters. The second-order valence-corrected chi connectivity index (χ2v) is 5.31. The van der Waals surface area contributed by atoms with Gasteiger partial charge >= 0.3 is 0 Å². The third-order valence-electron chi connectivity index (χ3n) is 2.53. The molecule has 0 bridgehead atoms. The van der Waals surface area contributed by atoms with Gasteiger partial charge < -0.3 is 5.32 Å². The van der Waals surface area contributed by atoms with E-state index in [1.165, 1.54) is 11.1 Å². The Morgan fingerprint density at radius 1 is 1.50 bits per heavy atom. The standard InChI is InChI=1S/C13H17NOS/c1-10-3-2-4-11(7-10)8-16-9-13(15)14-12-5-6-12/h2-4,7,12H,5-6,8-9H2,1H3,(H,14,15). The van der Waals surface area contributed by atoms with Crippen molar-refractivity contribution in [3.05, 3.63) is 35.4 Å². The van der Waals surface area contributed by atoms with Crippen LogP contribution >= 0.6 is 11.8 Å². The lowest BCUT2D eigenvalue weighted by atomic mass is 10.2. The van der Waals surface area contributed by atoms with Gasteiger partial charge in [-0.25, -0.2) is 0 Å². The van der Waals surface area contributed by atoms with Crippen molar-refractivity contribution in [3.63, 3.8) is 0 Å². The van der Waals surface area contributed by atoms with Crippen LogP contribution in [0.4, 0.5) is 0 Å². The van der Waals surface area contributed by atoms with Gasteiger partial charge in [-0.1, -0.05) is 29.8 Å². The zero-order valence-corrected chi connectivity index (χ0v) is 10.3. The molecule has 1 aromatic carbocycles. The van der Waals surface area contributed by atoms with Crippen LogP contribution in [0.3, 0.4) is 0 Å². The van der Waals surface area contributed by atoms with Gasteiger partial charge in [0, 0.05) is 11.8 Å². The van der Waals surface area contributed by atoms with Gasteiger partial charge in [0.2, 0.25) is 5.91 Å². The van der Waals surface area contributed by atoms with Crippen LogP contribution in [0.5, 0.6) is 0 Å². The lowest BCUT2D eigenvalue weighted by Crippen LogP contribution is -2.27. The van der Waals surface area contributed by atoms with E-state index in [2.05, 4.69) is 36.5 Å². The van der Waals surface area contributed by atoms with Gasteiger partial charge in [-0.15, -0.1) is 11.8 Å². The predicted octanol–water partition coefficient (Wildman–Crippen LogP) is 2.51. The SMILES string of the molecule is Cc1cccc(CSCC(=O)NC2CC2)c1. The molecule has 1 aliphatic rings. The molecule has 2 rings (SSSR count). The smallest absolute Gasteiger partial charge is 0.230 e. The topological polar surface area (TPSA) is 29.1 Å². The molecule has 0 atom stereocenters. The fraction of sp³-hybridized carbons (Fsp3) is 0.462. The molecular formula is C13H17NOS. The molecule has 0 saturated heterocycles. The first-order valence-corrected chi connectivity index (χ1v) is 6.82. The normalized spacial score (nSPS) is 14.8. The summed E-state index contributed by atoms with van der Waals surface area (Å²) in [6, 6.07) is 8.92. The van der Waals surface area contributed by atoms with Gasteiger partial charge in [-0.05, 0) is 25.3 Å². The summed E-state index contributed by atoms with van der Waals surface area (Å²) >= 11 is 1.68. The molecule has 0 heterocycles. The molecule has 0 aromatic heterocycles. The fourth-order valence-electron chi connectivity index (χ4n) is 1.56. The Balaban J connectivity index is 1.68. The Hall–Kier alpha value is -0.960. The first-order valence-electron chi connectivity index (χ1n) is 5.67. The van der Waals surface area contributed by atoms with Crippen molar-refractivity contribution in [1.29, 1.82) is 0 Å². The monoisotopic (exact) mass is 235 g/mol. The van der Waals surface area contributed by atoms with E-state index < -0.39 is 0 Å². The summed E-state index contributed by atoms with van der Waals surface area (Å²) in [6.45, 7) is 2.09. The van der Waals surface area contributed by atoms with Gasteiger partial charge in [0.25, 0.3) is 0 Å². The maximum atomic E-state index is 11.4. The molecule has 0 aliphatic heterocycles. The summed E-state index contributed by atoms with van der Waals surface area (Å²) in [5, 5.41) is 2.99. The van der Waals surface area contributed by atoms with Crippen molar-refractivity contribution in [2.24, 2.45) is 0 Å². The number of thioether (sulfide) groups is 1. The number of aryl methyl sites for hydroxylation is 1. The Bertz CT molecular complexity index is 374. The highest BCUT2D eigenvalue weighted by Gasteiger charge is 2.22. The number of carbonyl (C=O) groups excluding carboxylic acids is 1. The van der Waals surface area contributed by atoms with E-state index in [0.29, 0.717) is 11.8 Å². The Morgan fingerprint density at radius 3 is 3.00 bits per heavy atom. The van der Waals surface area contributed by atoms with Gasteiger partial charge in [0.1, 0.15) is 0 Å². The predicted molar refractivity (Wildman–Crippen MR) is 68.5 cm³/mol. The molecule has 0 spiro atoms. The maximum Gasteiger partial charge on any atom is 0.230 e. The highest BCUT2D eigenvalue weighted by Crippen LogP contribution is 2.19. The quantitative estimate of drug-likeness (QED) is 0.849. The van der Waals surface area contributed by atoms with E-state index in [1.54, 1.807) is 11.8 Å². The van der Waals surface area contributed by atoms with Crippen LogP contribution in [0.2, 0.25) is 0 Å². The van der Waals surface area contributed by atoms with E-state index >= 15 is 0 Å². The minimum atomic E-state index is 0.181. The molecule has 0 radical (unpaired) electrons. The largest absolute Gasteiger partial charge is 0.353 e. The second kappa shape index (κ2) is 5.39. The highest BCUT2D eigenvalue weighted by atomic mass is 32.2. The number of hydrogen-bond acceptors (Lipinski definition) is 2. The molecule has 86 valence electrons. The van der Waals surface area contributed by atoms with Crippen LogP contribution < -0.4 is 5.32 Å². The number of hydrogen-bond donors (Lipinski definition) is 1. The zero-order chi connectivity index (χ0) is 11.4. The number of benzene rings is 1. The number of carbonyl (C=O) groups is 1. The molecule has 1 N–H and O–H groups in total. The van der Waals surface area contributed by atoms with E-state index in [-0.39, 0.29) is 5.91 Å². The van der Waals surface area contributed by atoms with Crippen molar-refractivity contribution in [2.75, 3.05) is 5.75 Å². The van der Waals surface area contributed by atoms with Gasteiger partial charge in [0.15, 0.2) is 0 Å². The maximum absolute atomic E-state index is 11.4. The fourth-order valence-corrected chi connectivity index (χ4v) is 2.35. The number of rotatable bonds is 5. The van der Waals surface area contributed by atoms with Gasteiger partial charge in [-0.3, -0.25) is 4.79 Å². The van der Waals surface area contributed by atoms with Crippen molar-refractivity contribution in [1.82, 2.24) is 5.32 Å².